The topological polar surface area (TPSA) is 91.9 Å². The molecule has 126 valence electrons. The first-order valence-electron chi connectivity index (χ1n) is 8.02. The number of aliphatic hydroxyl groups is 1. The van der Waals surface area contributed by atoms with E-state index in [1.807, 2.05) is 54.6 Å². The molecular formula is C20H20N4O. The van der Waals surface area contributed by atoms with E-state index in [4.69, 9.17) is 10.5 Å². The monoisotopic (exact) mass is 332 g/mol. The third-order valence-corrected chi connectivity index (χ3v) is 3.69. The minimum Gasteiger partial charge on any atom is -0.387 e. The molecule has 2 aromatic carbocycles. The second-order valence-electron chi connectivity index (χ2n) is 5.50. The molecular weight excluding hydrogens is 312 g/mol. The predicted molar refractivity (Wildman–Crippen MR) is 97.3 cm³/mol. The summed E-state index contributed by atoms with van der Waals surface area (Å²) in [6, 6.07) is 21.0. The van der Waals surface area contributed by atoms with E-state index in [2.05, 4.69) is 10.6 Å². The van der Waals surface area contributed by atoms with Gasteiger partial charge in [0.25, 0.3) is 0 Å². The molecule has 0 amide bonds. The van der Waals surface area contributed by atoms with Crippen LogP contribution in [0.15, 0.2) is 66.4 Å². The van der Waals surface area contributed by atoms with Crippen LogP contribution in [0.4, 0.5) is 5.69 Å². The van der Waals surface area contributed by atoms with Crippen LogP contribution in [-0.4, -0.2) is 18.2 Å². The summed E-state index contributed by atoms with van der Waals surface area (Å²) < 4.78 is 0. The van der Waals surface area contributed by atoms with Gasteiger partial charge in [0.15, 0.2) is 0 Å². The predicted octanol–water partition coefficient (Wildman–Crippen LogP) is 2.90. The highest BCUT2D eigenvalue weighted by Gasteiger charge is 2.05. The number of nitrogens with one attached hydrogen (secondary N) is 2. The van der Waals surface area contributed by atoms with Crippen LogP contribution in [-0.2, 0) is 6.42 Å². The van der Waals surface area contributed by atoms with Crippen LogP contribution >= 0.6 is 0 Å². The quantitative estimate of drug-likeness (QED) is 0.511. The molecule has 0 aromatic heterocycles. The lowest BCUT2D eigenvalue weighted by Gasteiger charge is -2.12. The molecule has 0 saturated heterocycles. The molecule has 0 saturated carbocycles. The summed E-state index contributed by atoms with van der Waals surface area (Å²) in [5.74, 6) is 0. The molecule has 5 heteroatoms. The highest BCUT2D eigenvalue weighted by Crippen LogP contribution is 2.12. The minimum atomic E-state index is -0.506. The molecule has 0 aliphatic carbocycles. The molecule has 0 spiro atoms. The van der Waals surface area contributed by atoms with Crippen LogP contribution in [0.2, 0.25) is 0 Å². The van der Waals surface area contributed by atoms with Crippen LogP contribution in [0.3, 0.4) is 0 Å². The molecule has 0 heterocycles. The molecule has 5 nitrogen and oxygen atoms in total. The fraction of sp³-hybridized carbons (Fsp3) is 0.200. The largest absolute Gasteiger partial charge is 0.387 e. The number of nitrogens with zero attached hydrogens (tertiary/aromatic N) is 2. The van der Waals surface area contributed by atoms with Gasteiger partial charge >= 0.3 is 0 Å². The van der Waals surface area contributed by atoms with Gasteiger partial charge in [-0.05, 0) is 36.2 Å². The van der Waals surface area contributed by atoms with Gasteiger partial charge < -0.3 is 15.7 Å². The maximum Gasteiger partial charge on any atom is 0.145 e. The van der Waals surface area contributed by atoms with Gasteiger partial charge in [0, 0.05) is 18.4 Å². The number of benzene rings is 2. The Morgan fingerprint density at radius 3 is 2.36 bits per heavy atom. The van der Waals surface area contributed by atoms with Gasteiger partial charge in [0.2, 0.25) is 0 Å². The molecule has 0 aliphatic rings. The molecule has 1 unspecified atom stereocenters. The van der Waals surface area contributed by atoms with Crippen molar-refractivity contribution in [1.82, 2.24) is 5.32 Å². The summed E-state index contributed by atoms with van der Waals surface area (Å²) in [5.41, 5.74) is 2.93. The molecule has 0 bridgehead atoms. The van der Waals surface area contributed by atoms with Gasteiger partial charge in [0.1, 0.15) is 17.7 Å². The van der Waals surface area contributed by atoms with E-state index in [1.54, 1.807) is 12.1 Å². The van der Waals surface area contributed by atoms with Gasteiger partial charge in [0.05, 0.1) is 6.10 Å². The molecule has 0 fully saturated rings. The number of rotatable bonds is 8. The van der Waals surface area contributed by atoms with Gasteiger partial charge in [-0.3, -0.25) is 0 Å². The van der Waals surface area contributed by atoms with Gasteiger partial charge in [-0.1, -0.05) is 42.5 Å². The summed E-state index contributed by atoms with van der Waals surface area (Å²) in [7, 11) is 0. The SMILES string of the molecule is N#CC(C#N)=CNc1ccc(CCNCC(O)c2ccccc2)cc1. The first-order chi connectivity index (χ1) is 12.2. The van der Waals surface area contributed by atoms with Crippen molar-refractivity contribution in [2.75, 3.05) is 18.4 Å². The lowest BCUT2D eigenvalue weighted by molar-refractivity contribution is 0.175. The Morgan fingerprint density at radius 2 is 1.72 bits per heavy atom. The van der Waals surface area contributed by atoms with E-state index in [-0.39, 0.29) is 5.57 Å². The average Bonchev–Trinajstić information content (AvgIpc) is 2.67. The smallest absolute Gasteiger partial charge is 0.145 e. The van der Waals surface area contributed by atoms with Crippen molar-refractivity contribution < 1.29 is 5.11 Å². The highest BCUT2D eigenvalue weighted by atomic mass is 16.3. The number of nitriles is 2. The van der Waals surface area contributed by atoms with Crippen molar-refractivity contribution in [3.05, 3.63) is 77.5 Å². The van der Waals surface area contributed by atoms with E-state index in [0.717, 1.165) is 29.8 Å². The Balaban J connectivity index is 1.74. The first kappa shape index (κ1) is 18.2. The fourth-order valence-corrected chi connectivity index (χ4v) is 2.28. The van der Waals surface area contributed by atoms with E-state index >= 15 is 0 Å². The highest BCUT2D eigenvalue weighted by molar-refractivity contribution is 5.50. The Hall–Kier alpha value is -3.12. The van der Waals surface area contributed by atoms with Crippen molar-refractivity contribution in [3.8, 4) is 12.1 Å². The fourth-order valence-electron chi connectivity index (χ4n) is 2.28. The molecule has 3 N–H and O–H groups in total. The van der Waals surface area contributed by atoms with E-state index in [0.29, 0.717) is 6.54 Å². The minimum absolute atomic E-state index is 0.0326. The Bertz CT molecular complexity index is 754. The van der Waals surface area contributed by atoms with Crippen molar-refractivity contribution >= 4 is 5.69 Å². The first-order valence-corrected chi connectivity index (χ1v) is 8.02. The van der Waals surface area contributed by atoms with Crippen molar-refractivity contribution in [3.63, 3.8) is 0 Å². The molecule has 2 rings (SSSR count). The third kappa shape index (κ3) is 6.12. The number of hydrogen-bond acceptors (Lipinski definition) is 5. The number of aliphatic hydroxyl groups excluding tert-OH is 1. The van der Waals surface area contributed by atoms with E-state index in [9.17, 15) is 5.11 Å². The van der Waals surface area contributed by atoms with Crippen LogP contribution in [0.5, 0.6) is 0 Å². The number of hydrogen-bond donors (Lipinski definition) is 3. The van der Waals surface area contributed by atoms with Gasteiger partial charge in [-0.2, -0.15) is 10.5 Å². The summed E-state index contributed by atoms with van der Waals surface area (Å²) >= 11 is 0. The zero-order chi connectivity index (χ0) is 17.9. The molecule has 0 aliphatic heterocycles. The summed E-state index contributed by atoms with van der Waals surface area (Å²) in [6.07, 6.45) is 1.73. The van der Waals surface area contributed by atoms with Crippen molar-refractivity contribution in [2.24, 2.45) is 0 Å². The molecule has 25 heavy (non-hydrogen) atoms. The maximum atomic E-state index is 10.1. The van der Waals surface area contributed by atoms with Gasteiger partial charge in [-0.15, -0.1) is 0 Å². The van der Waals surface area contributed by atoms with Crippen LogP contribution in [0.1, 0.15) is 17.2 Å². The average molecular weight is 332 g/mol. The Kier molecular flexibility index (Phi) is 7.21. The lowest BCUT2D eigenvalue weighted by Crippen LogP contribution is -2.23. The maximum absolute atomic E-state index is 10.1. The number of allylic oxidation sites excluding steroid dienone is 1. The summed E-state index contributed by atoms with van der Waals surface area (Å²) in [4.78, 5) is 0. The van der Waals surface area contributed by atoms with Crippen LogP contribution < -0.4 is 10.6 Å². The molecule has 1 atom stereocenters. The van der Waals surface area contributed by atoms with Crippen LogP contribution in [0, 0.1) is 22.7 Å². The van der Waals surface area contributed by atoms with Crippen molar-refractivity contribution in [2.45, 2.75) is 12.5 Å². The Morgan fingerprint density at radius 1 is 1.04 bits per heavy atom. The van der Waals surface area contributed by atoms with Gasteiger partial charge in [-0.25, -0.2) is 0 Å². The zero-order valence-electron chi connectivity index (χ0n) is 13.8. The summed E-state index contributed by atoms with van der Waals surface area (Å²) in [6.45, 7) is 1.28. The lowest BCUT2D eigenvalue weighted by atomic mass is 10.1. The summed E-state index contributed by atoms with van der Waals surface area (Å²) in [5, 5.41) is 33.6. The standard InChI is InChI=1S/C20H20N4O/c21-12-17(13-22)14-24-19-8-6-16(7-9-19)10-11-23-15-20(25)18-4-2-1-3-5-18/h1-9,14,20,23-25H,10-11,15H2. The third-order valence-electron chi connectivity index (χ3n) is 3.69. The van der Waals surface area contributed by atoms with E-state index < -0.39 is 6.10 Å². The zero-order valence-corrected chi connectivity index (χ0v) is 13.8. The molecule has 2 aromatic rings. The second kappa shape index (κ2) is 9.89. The van der Waals surface area contributed by atoms with Crippen molar-refractivity contribution in [1.29, 1.82) is 10.5 Å². The van der Waals surface area contributed by atoms with Crippen LogP contribution in [0.25, 0.3) is 0 Å². The number of anilines is 1. The Labute approximate surface area is 147 Å². The molecule has 0 radical (unpaired) electrons. The van der Waals surface area contributed by atoms with E-state index in [1.165, 1.54) is 6.20 Å². The normalized spacial score (nSPS) is 11.0. The second-order valence-corrected chi connectivity index (χ2v) is 5.50.